The molecule has 2 aromatic carbocycles. The Morgan fingerprint density at radius 3 is 2.52 bits per heavy atom. The van der Waals surface area contributed by atoms with Crippen molar-refractivity contribution in [2.75, 3.05) is 13.2 Å². The highest BCUT2D eigenvalue weighted by molar-refractivity contribution is 5.83. The van der Waals surface area contributed by atoms with Crippen LogP contribution in [0.5, 0.6) is 5.75 Å². The van der Waals surface area contributed by atoms with Crippen LogP contribution in [0.4, 0.5) is 0 Å². The van der Waals surface area contributed by atoms with Crippen LogP contribution in [0.2, 0.25) is 0 Å². The predicted octanol–water partition coefficient (Wildman–Crippen LogP) is 3.38. The zero-order valence-electron chi connectivity index (χ0n) is 16.1. The van der Waals surface area contributed by atoms with E-state index >= 15 is 0 Å². The molecule has 3 rings (SSSR count). The molecule has 2 atom stereocenters. The molecule has 1 heterocycles. The fourth-order valence-corrected chi connectivity index (χ4v) is 3.02. The van der Waals surface area contributed by atoms with Gasteiger partial charge in [0.25, 0.3) is 0 Å². The van der Waals surface area contributed by atoms with Crippen LogP contribution in [0.15, 0.2) is 54.7 Å². The van der Waals surface area contributed by atoms with Crippen molar-refractivity contribution in [2.24, 2.45) is 0 Å². The molecule has 2 unspecified atom stereocenters. The summed E-state index contributed by atoms with van der Waals surface area (Å²) in [6.45, 7) is 6.74. The van der Waals surface area contributed by atoms with Crippen molar-refractivity contribution in [1.29, 1.82) is 0 Å². The number of aromatic nitrogens is 1. The normalized spacial score (nSPS) is 14.3. The lowest BCUT2D eigenvalue weighted by Crippen LogP contribution is -2.42. The van der Waals surface area contributed by atoms with Gasteiger partial charge in [-0.1, -0.05) is 30.3 Å². The van der Waals surface area contributed by atoms with E-state index in [-0.39, 0.29) is 12.1 Å². The molecule has 0 fully saturated rings. The van der Waals surface area contributed by atoms with Crippen molar-refractivity contribution >= 4 is 10.9 Å². The standard InChI is InChI=1S/C22H28N2O3/c1-22(2,3)24-13-15(25)14-27-20-10-5-4-7-18(20)21(26)17-8-6-9-19-16(17)11-12-23-19/h4-12,15,21,23-26H,13-14H2,1-3H3. The molecular formula is C22H28N2O3. The van der Waals surface area contributed by atoms with Gasteiger partial charge in [-0.2, -0.15) is 0 Å². The third-order valence-corrected chi connectivity index (χ3v) is 4.44. The monoisotopic (exact) mass is 368 g/mol. The Morgan fingerprint density at radius 2 is 1.74 bits per heavy atom. The molecular weight excluding hydrogens is 340 g/mol. The van der Waals surface area contributed by atoms with Gasteiger partial charge in [-0.15, -0.1) is 0 Å². The van der Waals surface area contributed by atoms with Gasteiger partial charge in [-0.3, -0.25) is 0 Å². The number of benzene rings is 2. The highest BCUT2D eigenvalue weighted by atomic mass is 16.5. The molecule has 1 aromatic heterocycles. The van der Waals surface area contributed by atoms with Gasteiger partial charge in [0.1, 0.15) is 24.6 Å². The van der Waals surface area contributed by atoms with Gasteiger partial charge in [0.2, 0.25) is 0 Å². The number of H-pyrrole nitrogens is 1. The second-order valence-electron chi connectivity index (χ2n) is 7.82. The number of aliphatic hydroxyl groups excluding tert-OH is 2. The first-order valence-electron chi connectivity index (χ1n) is 9.24. The van der Waals surface area contributed by atoms with Gasteiger partial charge < -0.3 is 25.3 Å². The van der Waals surface area contributed by atoms with E-state index in [0.29, 0.717) is 17.9 Å². The smallest absolute Gasteiger partial charge is 0.125 e. The Labute approximate surface area is 160 Å². The van der Waals surface area contributed by atoms with Gasteiger partial charge in [0, 0.05) is 34.7 Å². The SMILES string of the molecule is CC(C)(C)NCC(O)COc1ccccc1C(O)c1cccc2[nH]ccc12. The first-order chi connectivity index (χ1) is 12.8. The lowest BCUT2D eigenvalue weighted by atomic mass is 9.98. The van der Waals surface area contributed by atoms with Gasteiger partial charge in [0.15, 0.2) is 0 Å². The van der Waals surface area contributed by atoms with Crippen molar-refractivity contribution in [1.82, 2.24) is 10.3 Å². The third kappa shape index (κ3) is 4.89. The molecule has 144 valence electrons. The van der Waals surface area contributed by atoms with E-state index in [2.05, 4.69) is 10.3 Å². The van der Waals surface area contributed by atoms with Crippen LogP contribution in [-0.2, 0) is 0 Å². The van der Waals surface area contributed by atoms with Crippen molar-refractivity contribution in [3.05, 3.63) is 65.9 Å². The molecule has 0 amide bonds. The minimum Gasteiger partial charge on any atom is -0.490 e. The third-order valence-electron chi connectivity index (χ3n) is 4.44. The van der Waals surface area contributed by atoms with E-state index < -0.39 is 12.2 Å². The van der Waals surface area contributed by atoms with Gasteiger partial charge in [-0.25, -0.2) is 0 Å². The van der Waals surface area contributed by atoms with E-state index in [9.17, 15) is 10.2 Å². The molecule has 27 heavy (non-hydrogen) atoms. The minimum atomic E-state index is -0.814. The van der Waals surface area contributed by atoms with E-state index in [0.717, 1.165) is 16.5 Å². The lowest BCUT2D eigenvalue weighted by molar-refractivity contribution is 0.0978. The zero-order valence-corrected chi connectivity index (χ0v) is 16.1. The van der Waals surface area contributed by atoms with Crippen LogP contribution >= 0.6 is 0 Å². The topological polar surface area (TPSA) is 77.5 Å². The van der Waals surface area contributed by atoms with E-state index in [4.69, 9.17) is 4.74 Å². The summed E-state index contributed by atoms with van der Waals surface area (Å²) >= 11 is 0. The van der Waals surface area contributed by atoms with E-state index in [1.807, 2.05) is 75.5 Å². The number of aromatic amines is 1. The predicted molar refractivity (Wildman–Crippen MR) is 108 cm³/mol. The maximum absolute atomic E-state index is 11.0. The summed E-state index contributed by atoms with van der Waals surface area (Å²) in [5, 5.41) is 25.4. The number of hydrogen-bond acceptors (Lipinski definition) is 4. The number of fused-ring (bicyclic) bond motifs is 1. The second-order valence-corrected chi connectivity index (χ2v) is 7.82. The second kappa shape index (κ2) is 8.13. The lowest BCUT2D eigenvalue weighted by Gasteiger charge is -2.23. The van der Waals surface area contributed by atoms with Crippen molar-refractivity contribution in [3.63, 3.8) is 0 Å². The summed E-state index contributed by atoms with van der Waals surface area (Å²) in [7, 11) is 0. The largest absolute Gasteiger partial charge is 0.490 e. The van der Waals surface area contributed by atoms with Gasteiger partial charge >= 0.3 is 0 Å². The maximum atomic E-state index is 11.0. The highest BCUT2D eigenvalue weighted by Crippen LogP contribution is 2.33. The molecule has 5 nitrogen and oxygen atoms in total. The van der Waals surface area contributed by atoms with Crippen LogP contribution < -0.4 is 10.1 Å². The maximum Gasteiger partial charge on any atom is 0.125 e. The van der Waals surface area contributed by atoms with E-state index in [1.165, 1.54) is 0 Å². The Balaban J connectivity index is 1.75. The van der Waals surface area contributed by atoms with Crippen LogP contribution in [-0.4, -0.2) is 40.0 Å². The minimum absolute atomic E-state index is 0.0652. The number of rotatable bonds is 7. The summed E-state index contributed by atoms with van der Waals surface area (Å²) in [4.78, 5) is 3.16. The summed E-state index contributed by atoms with van der Waals surface area (Å²) in [5.41, 5.74) is 2.42. The molecule has 0 radical (unpaired) electrons. The van der Waals surface area contributed by atoms with Gasteiger partial charge in [-0.05, 0) is 44.5 Å². The summed E-state index contributed by atoms with van der Waals surface area (Å²) in [5.74, 6) is 0.576. The quantitative estimate of drug-likeness (QED) is 0.516. The molecule has 0 saturated heterocycles. The van der Waals surface area contributed by atoms with Crippen LogP contribution in [0.3, 0.4) is 0 Å². The van der Waals surface area contributed by atoms with Crippen LogP contribution in [0, 0.1) is 0 Å². The highest BCUT2D eigenvalue weighted by Gasteiger charge is 2.19. The molecule has 4 N–H and O–H groups in total. The van der Waals surface area contributed by atoms with Crippen molar-refractivity contribution in [3.8, 4) is 5.75 Å². The molecule has 3 aromatic rings. The molecule has 0 bridgehead atoms. The molecule has 0 spiro atoms. The Hall–Kier alpha value is -2.34. The van der Waals surface area contributed by atoms with Crippen molar-refractivity contribution < 1.29 is 14.9 Å². The first-order valence-corrected chi connectivity index (χ1v) is 9.24. The Kier molecular flexibility index (Phi) is 5.85. The summed E-state index contributed by atoms with van der Waals surface area (Å²) < 4.78 is 5.84. The summed E-state index contributed by atoms with van der Waals surface area (Å²) in [6.07, 6.45) is 0.412. The first kappa shape index (κ1) is 19.4. The molecule has 5 heteroatoms. The Morgan fingerprint density at radius 1 is 1.00 bits per heavy atom. The number of ether oxygens (including phenoxy) is 1. The molecule has 0 aliphatic heterocycles. The average Bonchev–Trinajstić information content (AvgIpc) is 3.12. The average molecular weight is 368 g/mol. The van der Waals surface area contributed by atoms with Crippen LogP contribution in [0.1, 0.15) is 38.0 Å². The van der Waals surface area contributed by atoms with Crippen molar-refractivity contribution in [2.45, 2.75) is 38.5 Å². The number of para-hydroxylation sites is 1. The number of aliphatic hydroxyl groups is 2. The zero-order chi connectivity index (χ0) is 19.4. The fourth-order valence-electron chi connectivity index (χ4n) is 3.02. The molecule has 0 saturated carbocycles. The molecule has 0 aliphatic carbocycles. The van der Waals surface area contributed by atoms with Crippen LogP contribution in [0.25, 0.3) is 10.9 Å². The molecule has 0 aliphatic rings. The van der Waals surface area contributed by atoms with Gasteiger partial charge in [0.05, 0.1) is 0 Å². The number of β-amino-alcohol motifs (C(OH)–C–C–N with tert-alkyl or cyclic N) is 1. The Bertz CT molecular complexity index is 882. The number of nitrogens with one attached hydrogen (secondary N) is 2. The number of hydrogen-bond donors (Lipinski definition) is 4. The summed E-state index contributed by atoms with van der Waals surface area (Å²) in [6, 6.07) is 15.2. The fraction of sp³-hybridized carbons (Fsp3) is 0.364. The van der Waals surface area contributed by atoms with E-state index in [1.54, 1.807) is 0 Å².